The first-order valence-corrected chi connectivity index (χ1v) is 7.98. The monoisotopic (exact) mass is 325 g/mol. The maximum absolute atomic E-state index is 6.29. The Hall–Kier alpha value is -1.10. The fraction of sp³-hybridized carbons (Fsp3) is 0.286. The zero-order valence-corrected chi connectivity index (χ0v) is 13.4. The van der Waals surface area contributed by atoms with Gasteiger partial charge in [0.1, 0.15) is 16.3 Å². The summed E-state index contributed by atoms with van der Waals surface area (Å²) in [7, 11) is 0. The maximum atomic E-state index is 6.29. The van der Waals surface area contributed by atoms with Gasteiger partial charge in [0.25, 0.3) is 0 Å². The van der Waals surface area contributed by atoms with Crippen molar-refractivity contribution in [2.75, 3.05) is 0 Å². The highest BCUT2D eigenvalue weighted by Crippen LogP contribution is 2.33. The van der Waals surface area contributed by atoms with E-state index < -0.39 is 0 Å². The summed E-state index contributed by atoms with van der Waals surface area (Å²) in [5, 5.41) is 3.46. The number of fused-ring (bicyclic) bond motifs is 1. The Bertz CT molecular complexity index is 734. The van der Waals surface area contributed by atoms with Crippen molar-refractivity contribution in [3.05, 3.63) is 45.6 Å². The standard InChI is InChI=1S/C14H13Cl2N3S/c1-8(15)13-18-12-10(16)4-3-5-11(12)19(13)9(2)14-17-6-7-20-14/h3-9H,1-2H3. The predicted octanol–water partition coefficient (Wildman–Crippen LogP) is 5.06. The van der Waals surface area contributed by atoms with Gasteiger partial charge in [-0.15, -0.1) is 22.9 Å². The summed E-state index contributed by atoms with van der Waals surface area (Å²) in [6.07, 6.45) is 1.81. The molecule has 104 valence electrons. The van der Waals surface area contributed by atoms with Crippen molar-refractivity contribution in [1.82, 2.24) is 14.5 Å². The van der Waals surface area contributed by atoms with Crippen molar-refractivity contribution >= 4 is 45.6 Å². The molecule has 2 heterocycles. The highest BCUT2D eigenvalue weighted by Gasteiger charge is 2.22. The molecule has 0 saturated carbocycles. The van der Waals surface area contributed by atoms with E-state index >= 15 is 0 Å². The van der Waals surface area contributed by atoms with Crippen LogP contribution >= 0.6 is 34.5 Å². The highest BCUT2D eigenvalue weighted by atomic mass is 35.5. The highest BCUT2D eigenvalue weighted by molar-refractivity contribution is 7.09. The molecule has 1 aromatic carbocycles. The Morgan fingerprint density at radius 2 is 2.10 bits per heavy atom. The molecule has 0 saturated heterocycles. The average Bonchev–Trinajstić information content (AvgIpc) is 3.06. The number of hydrogen-bond acceptors (Lipinski definition) is 3. The molecule has 0 aliphatic carbocycles. The van der Waals surface area contributed by atoms with E-state index in [1.165, 1.54) is 0 Å². The van der Waals surface area contributed by atoms with E-state index in [0.717, 1.165) is 21.9 Å². The molecule has 3 rings (SSSR count). The number of rotatable bonds is 3. The van der Waals surface area contributed by atoms with Crippen LogP contribution in [-0.2, 0) is 0 Å². The van der Waals surface area contributed by atoms with E-state index in [9.17, 15) is 0 Å². The van der Waals surface area contributed by atoms with Crippen LogP contribution in [0, 0.1) is 0 Å². The number of benzene rings is 1. The summed E-state index contributed by atoms with van der Waals surface area (Å²) in [6.45, 7) is 4.02. The summed E-state index contributed by atoms with van der Waals surface area (Å²) in [4.78, 5) is 9.01. The fourth-order valence-corrected chi connectivity index (χ4v) is 3.39. The van der Waals surface area contributed by atoms with Gasteiger partial charge in [-0.2, -0.15) is 0 Å². The number of aromatic nitrogens is 3. The van der Waals surface area contributed by atoms with Crippen LogP contribution in [0.4, 0.5) is 0 Å². The van der Waals surface area contributed by atoms with Crippen LogP contribution in [0.3, 0.4) is 0 Å². The van der Waals surface area contributed by atoms with Gasteiger partial charge in [0.15, 0.2) is 0 Å². The third-order valence-corrected chi connectivity index (χ3v) is 4.70. The first kappa shape index (κ1) is 13.9. The number of hydrogen-bond donors (Lipinski definition) is 0. The van der Waals surface area contributed by atoms with Crippen LogP contribution in [0.1, 0.15) is 36.1 Å². The molecule has 0 N–H and O–H groups in total. The van der Waals surface area contributed by atoms with E-state index in [1.807, 2.05) is 36.7 Å². The third kappa shape index (κ3) is 2.22. The molecule has 0 amide bonds. The van der Waals surface area contributed by atoms with E-state index in [0.29, 0.717) is 5.02 Å². The topological polar surface area (TPSA) is 30.7 Å². The molecular weight excluding hydrogens is 313 g/mol. The molecule has 6 heteroatoms. The number of nitrogens with zero attached hydrogens (tertiary/aromatic N) is 3. The molecular formula is C14H13Cl2N3S. The number of thiazole rings is 1. The molecule has 20 heavy (non-hydrogen) atoms. The molecule has 0 spiro atoms. The molecule has 2 atom stereocenters. The van der Waals surface area contributed by atoms with Crippen LogP contribution in [0.25, 0.3) is 11.0 Å². The molecule has 0 radical (unpaired) electrons. The van der Waals surface area contributed by atoms with E-state index in [1.54, 1.807) is 11.3 Å². The Morgan fingerprint density at radius 1 is 1.30 bits per heavy atom. The average molecular weight is 326 g/mol. The van der Waals surface area contributed by atoms with E-state index in [-0.39, 0.29) is 11.4 Å². The van der Waals surface area contributed by atoms with Gasteiger partial charge in [0.05, 0.1) is 22.0 Å². The van der Waals surface area contributed by atoms with Crippen molar-refractivity contribution in [3.63, 3.8) is 0 Å². The van der Waals surface area contributed by atoms with Gasteiger partial charge in [0.2, 0.25) is 0 Å². The molecule has 2 unspecified atom stereocenters. The number of para-hydroxylation sites is 1. The van der Waals surface area contributed by atoms with Crippen LogP contribution in [0.2, 0.25) is 5.02 Å². The van der Waals surface area contributed by atoms with Gasteiger partial charge < -0.3 is 4.57 Å². The first-order chi connectivity index (χ1) is 9.59. The number of alkyl halides is 1. The normalized spacial score (nSPS) is 14.6. The molecule has 0 fully saturated rings. The Labute approximate surface area is 131 Å². The second-order valence-corrected chi connectivity index (χ2v) is 6.60. The minimum atomic E-state index is -0.194. The van der Waals surface area contributed by atoms with Crippen molar-refractivity contribution in [3.8, 4) is 0 Å². The van der Waals surface area contributed by atoms with Crippen LogP contribution in [0.5, 0.6) is 0 Å². The van der Waals surface area contributed by atoms with E-state index in [2.05, 4.69) is 21.5 Å². The second-order valence-electron chi connectivity index (χ2n) is 4.61. The zero-order valence-electron chi connectivity index (χ0n) is 11.0. The van der Waals surface area contributed by atoms with Gasteiger partial charge in [-0.1, -0.05) is 17.7 Å². The lowest BCUT2D eigenvalue weighted by atomic mass is 10.2. The van der Waals surface area contributed by atoms with Crippen LogP contribution < -0.4 is 0 Å². The van der Waals surface area contributed by atoms with Gasteiger partial charge >= 0.3 is 0 Å². The summed E-state index contributed by atoms with van der Waals surface area (Å²) in [6, 6.07) is 5.87. The van der Waals surface area contributed by atoms with Gasteiger partial charge in [0, 0.05) is 11.6 Å². The summed E-state index contributed by atoms with van der Waals surface area (Å²) in [5.74, 6) is 0.817. The first-order valence-electron chi connectivity index (χ1n) is 6.29. The van der Waals surface area contributed by atoms with Crippen LogP contribution in [-0.4, -0.2) is 14.5 Å². The zero-order chi connectivity index (χ0) is 14.3. The molecule has 2 aromatic heterocycles. The summed E-state index contributed by atoms with van der Waals surface area (Å²) >= 11 is 14.2. The maximum Gasteiger partial charge on any atom is 0.128 e. The fourth-order valence-electron chi connectivity index (χ4n) is 2.34. The largest absolute Gasteiger partial charge is 0.317 e. The lowest BCUT2D eigenvalue weighted by Crippen LogP contribution is -2.11. The minimum absolute atomic E-state index is 0.0784. The van der Waals surface area contributed by atoms with Crippen molar-refractivity contribution in [2.45, 2.75) is 25.3 Å². The molecule has 3 nitrogen and oxygen atoms in total. The summed E-state index contributed by atoms with van der Waals surface area (Å²) in [5.41, 5.74) is 1.78. The molecule has 0 bridgehead atoms. The molecule has 3 aromatic rings. The third-order valence-electron chi connectivity index (χ3n) is 3.25. The minimum Gasteiger partial charge on any atom is -0.317 e. The van der Waals surface area contributed by atoms with Gasteiger partial charge in [-0.25, -0.2) is 9.97 Å². The quantitative estimate of drug-likeness (QED) is 0.630. The number of halogens is 2. The van der Waals surface area contributed by atoms with E-state index in [4.69, 9.17) is 23.2 Å². The van der Waals surface area contributed by atoms with Gasteiger partial charge in [-0.05, 0) is 26.0 Å². The molecule has 0 aliphatic heterocycles. The smallest absolute Gasteiger partial charge is 0.128 e. The van der Waals surface area contributed by atoms with Gasteiger partial charge in [-0.3, -0.25) is 0 Å². The lowest BCUT2D eigenvalue weighted by molar-refractivity contribution is 0.615. The van der Waals surface area contributed by atoms with Crippen molar-refractivity contribution in [1.29, 1.82) is 0 Å². The Kier molecular flexibility index (Phi) is 3.71. The SMILES string of the molecule is CC(Cl)c1nc2c(Cl)cccc2n1C(C)c1nccs1. The lowest BCUT2D eigenvalue weighted by Gasteiger charge is -2.16. The summed E-state index contributed by atoms with van der Waals surface area (Å²) < 4.78 is 2.12. The Balaban J connectivity index is 2.27. The predicted molar refractivity (Wildman–Crippen MR) is 84.9 cm³/mol. The Morgan fingerprint density at radius 3 is 2.75 bits per heavy atom. The van der Waals surface area contributed by atoms with Crippen molar-refractivity contribution < 1.29 is 0 Å². The molecule has 0 aliphatic rings. The van der Waals surface area contributed by atoms with Crippen LogP contribution in [0.15, 0.2) is 29.8 Å². The second kappa shape index (κ2) is 5.35. The number of imidazole rings is 1. The van der Waals surface area contributed by atoms with Crippen molar-refractivity contribution in [2.24, 2.45) is 0 Å².